The average Bonchev–Trinajstić information content (AvgIpc) is 3.03. The van der Waals surface area contributed by atoms with Gasteiger partial charge in [0.1, 0.15) is 12.2 Å². The van der Waals surface area contributed by atoms with Gasteiger partial charge in [0.2, 0.25) is 0 Å². The van der Waals surface area contributed by atoms with Crippen LogP contribution in [0.5, 0.6) is 11.5 Å². The van der Waals surface area contributed by atoms with Gasteiger partial charge in [0, 0.05) is 35.8 Å². The fourth-order valence-corrected chi connectivity index (χ4v) is 5.87. The van der Waals surface area contributed by atoms with E-state index in [1.807, 2.05) is 12.1 Å². The Balaban J connectivity index is 1.51. The van der Waals surface area contributed by atoms with Crippen LogP contribution in [-0.2, 0) is 21.4 Å². The number of carboxylic acid groups (broad SMARTS) is 1. The maximum atomic E-state index is 12.3. The third-order valence-corrected chi connectivity index (χ3v) is 7.13. The van der Waals surface area contributed by atoms with Crippen molar-refractivity contribution in [1.29, 1.82) is 0 Å². The van der Waals surface area contributed by atoms with Crippen LogP contribution in [0.15, 0.2) is 24.3 Å². The fourth-order valence-electron chi connectivity index (χ4n) is 5.87. The maximum absolute atomic E-state index is 12.3. The van der Waals surface area contributed by atoms with Crippen molar-refractivity contribution in [1.82, 2.24) is 4.90 Å². The highest BCUT2D eigenvalue weighted by Crippen LogP contribution is 2.62. The third-order valence-electron chi connectivity index (χ3n) is 7.13. The lowest BCUT2D eigenvalue weighted by Gasteiger charge is -2.56. The van der Waals surface area contributed by atoms with Gasteiger partial charge in [0.25, 0.3) is 0 Å². The Morgan fingerprint density at radius 2 is 2.14 bits per heavy atom. The Morgan fingerprint density at radius 3 is 2.93 bits per heavy atom. The van der Waals surface area contributed by atoms with E-state index in [4.69, 9.17) is 14.6 Å². The molecule has 0 saturated carbocycles. The molecule has 2 heterocycles. The Kier molecular flexibility index (Phi) is 4.22. The number of likely N-dealkylation sites (tertiary alicyclic amines) is 1. The van der Waals surface area contributed by atoms with Crippen LogP contribution in [0.2, 0.25) is 0 Å². The highest BCUT2D eigenvalue weighted by Gasteiger charge is 2.64. The molecule has 2 aliphatic heterocycles. The molecule has 0 amide bonds. The molecule has 1 spiro atoms. The largest absolute Gasteiger partial charge is 0.482 e. The average molecular weight is 399 g/mol. The van der Waals surface area contributed by atoms with Gasteiger partial charge < -0.3 is 24.6 Å². The van der Waals surface area contributed by atoms with Gasteiger partial charge in [-0.2, -0.15) is 0 Å². The van der Waals surface area contributed by atoms with E-state index in [1.165, 1.54) is 5.56 Å². The van der Waals surface area contributed by atoms with Crippen LogP contribution < -0.4 is 9.47 Å². The van der Waals surface area contributed by atoms with Crippen LogP contribution in [-0.4, -0.2) is 58.9 Å². The van der Waals surface area contributed by atoms with Crippen LogP contribution in [0.3, 0.4) is 0 Å². The first-order valence-corrected chi connectivity index (χ1v) is 10.2. The number of rotatable bonds is 5. The molecule has 7 heteroatoms. The molecule has 5 rings (SSSR count). The van der Waals surface area contributed by atoms with E-state index in [1.54, 1.807) is 6.07 Å². The van der Waals surface area contributed by atoms with E-state index < -0.39 is 18.0 Å². The summed E-state index contributed by atoms with van der Waals surface area (Å²) in [7, 11) is 2.15. The summed E-state index contributed by atoms with van der Waals surface area (Å²) in [6.45, 7) is 0.930. The minimum atomic E-state index is -0.930. The lowest BCUT2D eigenvalue weighted by molar-refractivity contribution is -0.137. The molecule has 0 radical (unpaired) electrons. The number of carbonyl (C=O) groups excluding carboxylic acids is 1. The van der Waals surface area contributed by atoms with Gasteiger partial charge in [-0.1, -0.05) is 18.2 Å². The zero-order valence-corrected chi connectivity index (χ0v) is 16.3. The molecular formula is C22H25NO6. The van der Waals surface area contributed by atoms with Crippen molar-refractivity contribution in [2.75, 3.05) is 13.6 Å². The molecule has 1 fully saturated rings. The number of aliphatic hydroxyl groups excluding tert-OH is 1. The van der Waals surface area contributed by atoms with E-state index in [9.17, 15) is 14.7 Å². The van der Waals surface area contributed by atoms with Crippen LogP contribution in [0.1, 0.15) is 36.8 Å². The second-order valence-corrected chi connectivity index (χ2v) is 8.63. The normalized spacial score (nSPS) is 33.7. The highest BCUT2D eigenvalue weighted by molar-refractivity contribution is 5.75. The first-order valence-electron chi connectivity index (χ1n) is 10.2. The van der Waals surface area contributed by atoms with Crippen molar-refractivity contribution < 1.29 is 29.3 Å². The molecule has 5 atom stereocenters. The molecule has 2 N–H and O–H groups in total. The molecule has 0 unspecified atom stereocenters. The Labute approximate surface area is 168 Å². The number of aliphatic carboxylic acids is 1. The number of esters is 1. The fraction of sp³-hybridized carbons (Fsp3) is 0.545. The summed E-state index contributed by atoms with van der Waals surface area (Å²) in [4.78, 5) is 25.3. The first kappa shape index (κ1) is 18.6. The van der Waals surface area contributed by atoms with Crippen molar-refractivity contribution in [3.8, 4) is 11.5 Å². The van der Waals surface area contributed by atoms with E-state index in [0.717, 1.165) is 24.9 Å². The summed E-state index contributed by atoms with van der Waals surface area (Å²) >= 11 is 0. The van der Waals surface area contributed by atoms with Crippen molar-refractivity contribution in [3.63, 3.8) is 0 Å². The van der Waals surface area contributed by atoms with Crippen molar-refractivity contribution >= 4 is 11.9 Å². The van der Waals surface area contributed by atoms with Crippen LogP contribution >= 0.6 is 0 Å². The lowest BCUT2D eigenvalue weighted by atomic mass is 9.53. The second kappa shape index (κ2) is 6.57. The number of ether oxygens (including phenoxy) is 2. The molecule has 2 bridgehead atoms. The van der Waals surface area contributed by atoms with Crippen LogP contribution in [0.25, 0.3) is 0 Å². The molecule has 4 aliphatic rings. The second-order valence-electron chi connectivity index (χ2n) is 8.63. The van der Waals surface area contributed by atoms with Crippen LogP contribution in [0.4, 0.5) is 0 Å². The van der Waals surface area contributed by atoms with Gasteiger partial charge in [-0.05, 0) is 44.5 Å². The molecule has 1 aromatic rings. The van der Waals surface area contributed by atoms with Crippen molar-refractivity contribution in [2.24, 2.45) is 5.92 Å². The number of hydrogen-bond donors (Lipinski definition) is 2. The summed E-state index contributed by atoms with van der Waals surface area (Å²) in [5.41, 5.74) is 2.00. The third kappa shape index (κ3) is 2.64. The highest BCUT2D eigenvalue weighted by atomic mass is 16.6. The number of hydrogen-bond acceptors (Lipinski definition) is 6. The summed E-state index contributed by atoms with van der Waals surface area (Å²) < 4.78 is 11.9. The van der Waals surface area contributed by atoms with Gasteiger partial charge in [-0.25, -0.2) is 0 Å². The van der Waals surface area contributed by atoms with Gasteiger partial charge in [-0.15, -0.1) is 0 Å². The molecule has 2 aliphatic carbocycles. The zero-order chi connectivity index (χ0) is 20.3. The van der Waals surface area contributed by atoms with Gasteiger partial charge >= 0.3 is 11.9 Å². The Bertz CT molecular complexity index is 911. The number of benzene rings is 1. The summed E-state index contributed by atoms with van der Waals surface area (Å²) in [6, 6.07) is 4.15. The predicted molar refractivity (Wildman–Crippen MR) is 103 cm³/mol. The number of nitrogens with zero attached hydrogens (tertiary/aromatic N) is 1. The molecule has 1 aromatic carbocycles. The van der Waals surface area contributed by atoms with E-state index >= 15 is 0 Å². The zero-order valence-electron chi connectivity index (χ0n) is 16.3. The number of carboxylic acids is 1. The van der Waals surface area contributed by atoms with Crippen molar-refractivity contribution in [3.05, 3.63) is 35.4 Å². The standard InChI is InChI=1S/C22H25NO6/c1-23-10-9-22-13-6-7-15(24)21(22)29-20-16(28-18(27)4-2-3-17(25)26)8-5-12(19(20)22)11-14(13)23/h5-8,13-15,21,24H,2-4,9-11H2,1H3,(H,25,26)/t13-,14+,15-,21-,22-/m0/s1. The summed E-state index contributed by atoms with van der Waals surface area (Å²) in [5.74, 6) is -0.192. The molecule has 0 aromatic heterocycles. The monoisotopic (exact) mass is 399 g/mol. The van der Waals surface area contributed by atoms with Gasteiger partial charge in [-0.3, -0.25) is 9.59 Å². The van der Waals surface area contributed by atoms with Crippen molar-refractivity contribution in [2.45, 2.75) is 55.8 Å². The van der Waals surface area contributed by atoms with Gasteiger partial charge in [0.15, 0.2) is 11.5 Å². The smallest absolute Gasteiger partial charge is 0.311 e. The number of piperidine rings is 1. The predicted octanol–water partition coefficient (Wildman–Crippen LogP) is 1.65. The maximum Gasteiger partial charge on any atom is 0.311 e. The topological polar surface area (TPSA) is 96.3 Å². The lowest BCUT2D eigenvalue weighted by Crippen LogP contribution is -2.64. The Hall–Kier alpha value is -2.38. The molecule has 1 saturated heterocycles. The minimum Gasteiger partial charge on any atom is -0.482 e. The molecule has 29 heavy (non-hydrogen) atoms. The van der Waals surface area contributed by atoms with E-state index in [2.05, 4.69) is 18.0 Å². The molecule has 154 valence electrons. The Morgan fingerprint density at radius 1 is 1.31 bits per heavy atom. The van der Waals surface area contributed by atoms with E-state index in [-0.39, 0.29) is 36.7 Å². The van der Waals surface area contributed by atoms with Crippen LogP contribution in [0, 0.1) is 5.92 Å². The van der Waals surface area contributed by atoms with Gasteiger partial charge in [0.05, 0.1) is 0 Å². The minimum absolute atomic E-state index is 0.0388. The summed E-state index contributed by atoms with van der Waals surface area (Å²) in [6.07, 6.45) is 4.89. The number of carbonyl (C=O) groups is 2. The quantitative estimate of drug-likeness (QED) is 0.442. The van der Waals surface area contributed by atoms with E-state index in [0.29, 0.717) is 17.5 Å². The number of aliphatic hydroxyl groups is 1. The first-order chi connectivity index (χ1) is 13.9. The molecular weight excluding hydrogens is 374 g/mol. The summed E-state index contributed by atoms with van der Waals surface area (Å²) in [5, 5.41) is 19.5. The number of likely N-dealkylation sites (N-methyl/N-ethyl adjacent to an activating group) is 1. The molecule has 7 nitrogen and oxygen atoms in total. The SMILES string of the molecule is CN1CC[C@]23c4c5ccc(OC(=O)CCCC(=O)O)c4O[C@H]2[C@@H](O)C=C[C@H]3[C@H]1C5.